The summed E-state index contributed by atoms with van der Waals surface area (Å²) in [7, 11) is -3.57. The molecule has 10 nitrogen and oxygen atoms in total. The normalized spacial score (nSPS) is 14.5. The first-order valence-electron chi connectivity index (χ1n) is 9.40. The van der Waals surface area contributed by atoms with Crippen LogP contribution in [0.15, 0.2) is 59.5 Å². The Bertz CT molecular complexity index is 1120. The standard InChI is InChI=1S/C20H20N4O6S/c25-19(11-6-15-4-3-5-17(14-15)24(27)28)21-22-20(26)16-7-9-18(10-8-16)31(29,30)23-12-1-2-13-23/h3-11,14H,1-2,12-13H2,(H,21,25)(H,22,26)/b11-6+. The van der Waals surface area contributed by atoms with Crippen molar-refractivity contribution in [1.29, 1.82) is 0 Å². The Balaban J connectivity index is 1.56. The maximum absolute atomic E-state index is 12.5. The highest BCUT2D eigenvalue weighted by molar-refractivity contribution is 7.89. The number of benzene rings is 2. The van der Waals surface area contributed by atoms with Crippen LogP contribution < -0.4 is 10.9 Å². The lowest BCUT2D eigenvalue weighted by molar-refractivity contribution is -0.384. The summed E-state index contributed by atoms with van der Waals surface area (Å²) in [6.45, 7) is 0.973. The highest BCUT2D eigenvalue weighted by atomic mass is 32.2. The second-order valence-corrected chi connectivity index (χ2v) is 8.70. The highest BCUT2D eigenvalue weighted by Gasteiger charge is 2.27. The molecule has 11 heteroatoms. The number of nitro benzene ring substituents is 1. The summed E-state index contributed by atoms with van der Waals surface area (Å²) < 4.78 is 26.4. The van der Waals surface area contributed by atoms with E-state index in [-0.39, 0.29) is 16.1 Å². The highest BCUT2D eigenvalue weighted by Crippen LogP contribution is 2.21. The average molecular weight is 444 g/mol. The van der Waals surface area contributed by atoms with Crippen LogP contribution in [-0.4, -0.2) is 42.6 Å². The maximum Gasteiger partial charge on any atom is 0.270 e. The van der Waals surface area contributed by atoms with E-state index in [9.17, 15) is 28.1 Å². The molecular formula is C20H20N4O6S. The lowest BCUT2D eigenvalue weighted by Gasteiger charge is -2.15. The van der Waals surface area contributed by atoms with Crippen LogP contribution in [-0.2, 0) is 14.8 Å². The van der Waals surface area contributed by atoms with Crippen molar-refractivity contribution in [3.05, 3.63) is 75.8 Å². The van der Waals surface area contributed by atoms with Gasteiger partial charge in [-0.05, 0) is 48.7 Å². The van der Waals surface area contributed by atoms with Crippen molar-refractivity contribution in [3.63, 3.8) is 0 Å². The zero-order chi connectivity index (χ0) is 22.4. The number of hydrogen-bond acceptors (Lipinski definition) is 6. The summed E-state index contributed by atoms with van der Waals surface area (Å²) in [5.41, 5.74) is 4.93. The van der Waals surface area contributed by atoms with Crippen molar-refractivity contribution in [3.8, 4) is 0 Å². The lowest BCUT2D eigenvalue weighted by atomic mass is 10.2. The quantitative estimate of drug-likeness (QED) is 0.396. The molecule has 0 saturated carbocycles. The van der Waals surface area contributed by atoms with Crippen molar-refractivity contribution in [2.45, 2.75) is 17.7 Å². The summed E-state index contributed by atoms with van der Waals surface area (Å²) in [6.07, 6.45) is 4.14. The number of non-ortho nitro benzene ring substituents is 1. The van der Waals surface area contributed by atoms with Gasteiger partial charge < -0.3 is 0 Å². The Hall–Kier alpha value is -3.57. The molecule has 0 bridgehead atoms. The molecule has 0 aliphatic carbocycles. The predicted octanol–water partition coefficient (Wildman–Crippen LogP) is 1.85. The first-order chi connectivity index (χ1) is 14.8. The molecule has 0 unspecified atom stereocenters. The molecule has 0 spiro atoms. The summed E-state index contributed by atoms with van der Waals surface area (Å²) in [4.78, 5) is 34.4. The molecule has 1 aliphatic heterocycles. The molecule has 0 aromatic heterocycles. The molecule has 1 aliphatic rings. The van der Waals surface area contributed by atoms with Gasteiger partial charge in [-0.2, -0.15) is 4.31 Å². The molecule has 1 fully saturated rings. The molecule has 1 saturated heterocycles. The molecule has 2 aromatic carbocycles. The molecule has 0 atom stereocenters. The van der Waals surface area contributed by atoms with Crippen molar-refractivity contribution in [2.24, 2.45) is 0 Å². The van der Waals surface area contributed by atoms with E-state index in [0.717, 1.165) is 18.9 Å². The third kappa shape index (κ3) is 5.53. The van der Waals surface area contributed by atoms with Crippen LogP contribution in [0.3, 0.4) is 0 Å². The first kappa shape index (κ1) is 22.1. The summed E-state index contributed by atoms with van der Waals surface area (Å²) >= 11 is 0. The number of carbonyl (C=O) groups excluding carboxylic acids is 2. The van der Waals surface area contributed by atoms with Gasteiger partial charge in [-0.1, -0.05) is 12.1 Å². The largest absolute Gasteiger partial charge is 0.270 e. The fourth-order valence-corrected chi connectivity index (χ4v) is 4.52. The average Bonchev–Trinajstić information content (AvgIpc) is 3.32. The van der Waals surface area contributed by atoms with E-state index in [0.29, 0.717) is 18.7 Å². The number of sulfonamides is 1. The van der Waals surface area contributed by atoms with Crippen molar-refractivity contribution >= 4 is 33.6 Å². The third-order valence-corrected chi connectivity index (χ3v) is 6.54. The monoisotopic (exact) mass is 444 g/mol. The molecule has 2 amide bonds. The summed E-state index contributed by atoms with van der Waals surface area (Å²) in [5, 5.41) is 10.8. The van der Waals surface area contributed by atoms with Crippen LogP contribution >= 0.6 is 0 Å². The van der Waals surface area contributed by atoms with E-state index in [1.807, 2.05) is 0 Å². The molecule has 3 rings (SSSR count). The van der Waals surface area contributed by atoms with Gasteiger partial charge in [0.25, 0.3) is 17.5 Å². The van der Waals surface area contributed by atoms with Gasteiger partial charge in [0.15, 0.2) is 0 Å². The minimum Gasteiger partial charge on any atom is -0.268 e. The van der Waals surface area contributed by atoms with E-state index in [4.69, 9.17) is 0 Å². The number of carbonyl (C=O) groups is 2. The molecule has 2 N–H and O–H groups in total. The van der Waals surface area contributed by atoms with Crippen molar-refractivity contribution in [1.82, 2.24) is 15.2 Å². The van der Waals surface area contributed by atoms with Gasteiger partial charge in [0.1, 0.15) is 0 Å². The number of nitro groups is 1. The van der Waals surface area contributed by atoms with Crippen molar-refractivity contribution < 1.29 is 22.9 Å². The van der Waals surface area contributed by atoms with Crippen molar-refractivity contribution in [2.75, 3.05) is 13.1 Å². The smallest absolute Gasteiger partial charge is 0.268 e. The van der Waals surface area contributed by atoms with E-state index >= 15 is 0 Å². The van der Waals surface area contributed by atoms with E-state index in [1.54, 1.807) is 6.07 Å². The Kier molecular flexibility index (Phi) is 6.78. The van der Waals surface area contributed by atoms with Gasteiger partial charge in [-0.3, -0.25) is 30.6 Å². The summed E-state index contributed by atoms with van der Waals surface area (Å²) in [6, 6.07) is 11.2. The predicted molar refractivity (Wildman–Crippen MR) is 112 cm³/mol. The minimum atomic E-state index is -3.57. The number of nitrogens with zero attached hydrogens (tertiary/aromatic N) is 2. The van der Waals surface area contributed by atoms with Crippen LogP contribution in [0.4, 0.5) is 5.69 Å². The fourth-order valence-electron chi connectivity index (χ4n) is 3.00. The SMILES string of the molecule is O=C(/C=C/c1cccc([N+](=O)[O-])c1)NNC(=O)c1ccc(S(=O)(=O)N2CCCC2)cc1. The van der Waals surface area contributed by atoms with E-state index < -0.39 is 26.8 Å². The van der Waals surface area contributed by atoms with E-state index in [2.05, 4.69) is 10.9 Å². The molecule has 162 valence electrons. The zero-order valence-electron chi connectivity index (χ0n) is 16.4. The van der Waals surface area contributed by atoms with Crippen LogP contribution in [0.2, 0.25) is 0 Å². The minimum absolute atomic E-state index is 0.106. The lowest BCUT2D eigenvalue weighted by Crippen LogP contribution is -2.40. The van der Waals surface area contributed by atoms with E-state index in [1.165, 1.54) is 52.8 Å². The van der Waals surface area contributed by atoms with Gasteiger partial charge in [0, 0.05) is 36.9 Å². The summed E-state index contributed by atoms with van der Waals surface area (Å²) in [5.74, 6) is -1.27. The number of rotatable bonds is 6. The molecule has 2 aromatic rings. The van der Waals surface area contributed by atoms with Crippen LogP contribution in [0.25, 0.3) is 6.08 Å². The van der Waals surface area contributed by atoms with Gasteiger partial charge in [-0.15, -0.1) is 0 Å². The molecule has 0 radical (unpaired) electrons. The van der Waals surface area contributed by atoms with Crippen LogP contribution in [0.5, 0.6) is 0 Å². The number of hydrazine groups is 1. The number of amides is 2. The second kappa shape index (κ2) is 9.49. The third-order valence-electron chi connectivity index (χ3n) is 4.63. The molecule has 31 heavy (non-hydrogen) atoms. The first-order valence-corrected chi connectivity index (χ1v) is 10.8. The molecular weight excluding hydrogens is 424 g/mol. The van der Waals surface area contributed by atoms with Gasteiger partial charge in [-0.25, -0.2) is 8.42 Å². The van der Waals surface area contributed by atoms with Crippen LogP contribution in [0, 0.1) is 10.1 Å². The Morgan fingerprint density at radius 1 is 1.03 bits per heavy atom. The van der Waals surface area contributed by atoms with Gasteiger partial charge >= 0.3 is 0 Å². The van der Waals surface area contributed by atoms with Gasteiger partial charge in [0.2, 0.25) is 10.0 Å². The Labute approximate surface area is 178 Å². The number of hydrogen-bond donors (Lipinski definition) is 2. The fraction of sp³-hybridized carbons (Fsp3) is 0.200. The van der Waals surface area contributed by atoms with Gasteiger partial charge in [0.05, 0.1) is 9.82 Å². The topological polar surface area (TPSA) is 139 Å². The van der Waals surface area contributed by atoms with Crippen LogP contribution in [0.1, 0.15) is 28.8 Å². The Morgan fingerprint density at radius 3 is 2.35 bits per heavy atom. The second-order valence-electron chi connectivity index (χ2n) is 6.76. The maximum atomic E-state index is 12.5. The molecule has 1 heterocycles. The zero-order valence-corrected chi connectivity index (χ0v) is 17.2. The Morgan fingerprint density at radius 2 is 1.71 bits per heavy atom. The number of nitrogens with one attached hydrogen (secondary N) is 2.